The lowest BCUT2D eigenvalue weighted by molar-refractivity contribution is 0.657. The molecule has 0 saturated heterocycles. The molecule has 0 amide bonds. The van der Waals surface area contributed by atoms with Gasteiger partial charge >= 0.3 is 0 Å². The summed E-state index contributed by atoms with van der Waals surface area (Å²) in [5.41, 5.74) is 12.4. The number of nitrogens with zero attached hydrogens (tertiary/aromatic N) is 2. The highest BCUT2D eigenvalue weighted by molar-refractivity contribution is 5.90. The standard InChI is InChI=1S/C26H23N3/c27-19-23-24(21-14-6-2-7-15-21)25(22-16-8-3-9-17-22)29(26(23)28)18-10-13-20-11-4-1-5-12-20/h1-9,11-12,14-17H,10,13,18,28H2. The van der Waals surface area contributed by atoms with Gasteiger partial charge in [0.1, 0.15) is 17.5 Å². The van der Waals surface area contributed by atoms with E-state index < -0.39 is 0 Å². The zero-order chi connectivity index (χ0) is 20.1. The average Bonchev–Trinajstić information content (AvgIpc) is 3.07. The highest BCUT2D eigenvalue weighted by Crippen LogP contribution is 2.40. The van der Waals surface area contributed by atoms with Gasteiger partial charge in [-0.15, -0.1) is 0 Å². The second kappa shape index (κ2) is 8.50. The lowest BCUT2D eigenvalue weighted by Crippen LogP contribution is -2.06. The fourth-order valence-corrected chi connectivity index (χ4v) is 3.85. The topological polar surface area (TPSA) is 54.7 Å². The Morgan fingerprint density at radius 1 is 0.759 bits per heavy atom. The van der Waals surface area contributed by atoms with Crippen molar-refractivity contribution in [2.45, 2.75) is 19.4 Å². The molecule has 4 aromatic rings. The summed E-state index contributed by atoms with van der Waals surface area (Å²) in [6.07, 6.45) is 1.91. The molecule has 0 radical (unpaired) electrons. The first-order valence-corrected chi connectivity index (χ1v) is 9.86. The average molecular weight is 377 g/mol. The third-order valence-electron chi connectivity index (χ3n) is 5.22. The molecule has 0 unspecified atom stereocenters. The number of nitrogen functional groups attached to an aromatic ring is 1. The summed E-state index contributed by atoms with van der Waals surface area (Å²) >= 11 is 0. The van der Waals surface area contributed by atoms with E-state index in [2.05, 4.69) is 47.0 Å². The van der Waals surface area contributed by atoms with Crippen molar-refractivity contribution in [1.29, 1.82) is 5.26 Å². The van der Waals surface area contributed by atoms with Crippen molar-refractivity contribution in [2.75, 3.05) is 5.73 Å². The summed E-state index contributed by atoms with van der Waals surface area (Å²) in [7, 11) is 0. The van der Waals surface area contributed by atoms with Crippen molar-refractivity contribution in [3.8, 4) is 28.5 Å². The maximum atomic E-state index is 9.91. The highest BCUT2D eigenvalue weighted by Gasteiger charge is 2.23. The zero-order valence-electron chi connectivity index (χ0n) is 16.3. The van der Waals surface area contributed by atoms with E-state index in [0.717, 1.165) is 41.8 Å². The number of rotatable bonds is 6. The summed E-state index contributed by atoms with van der Waals surface area (Å²) in [5, 5.41) is 9.91. The Balaban J connectivity index is 1.80. The quantitative estimate of drug-likeness (QED) is 0.454. The molecule has 1 heterocycles. The Labute approximate surface area is 171 Å². The van der Waals surface area contributed by atoms with Crippen molar-refractivity contribution < 1.29 is 0 Å². The van der Waals surface area contributed by atoms with Crippen LogP contribution in [0.4, 0.5) is 5.82 Å². The fraction of sp³-hybridized carbons (Fsp3) is 0.115. The molecular formula is C26H23N3. The second-order valence-corrected chi connectivity index (χ2v) is 7.07. The van der Waals surface area contributed by atoms with Gasteiger partial charge in [-0.3, -0.25) is 0 Å². The Kier molecular flexibility index (Phi) is 5.45. The largest absolute Gasteiger partial charge is 0.384 e. The van der Waals surface area contributed by atoms with E-state index in [0.29, 0.717) is 11.4 Å². The van der Waals surface area contributed by atoms with Gasteiger partial charge in [-0.1, -0.05) is 91.0 Å². The Hall–Kier alpha value is -3.77. The Morgan fingerprint density at radius 2 is 1.31 bits per heavy atom. The molecule has 1 aromatic heterocycles. The first-order chi connectivity index (χ1) is 14.3. The number of anilines is 1. The molecule has 0 bridgehead atoms. The molecule has 142 valence electrons. The number of nitriles is 1. The van der Waals surface area contributed by atoms with Crippen LogP contribution in [0.15, 0.2) is 91.0 Å². The molecule has 3 nitrogen and oxygen atoms in total. The van der Waals surface area contributed by atoms with Crippen LogP contribution in [0.1, 0.15) is 17.5 Å². The Bertz CT molecular complexity index is 1120. The molecule has 4 rings (SSSR count). The third kappa shape index (κ3) is 3.79. The van der Waals surface area contributed by atoms with Gasteiger partial charge in [-0.05, 0) is 29.5 Å². The molecule has 0 spiro atoms. The predicted molar refractivity (Wildman–Crippen MR) is 119 cm³/mol. The molecule has 29 heavy (non-hydrogen) atoms. The van der Waals surface area contributed by atoms with Gasteiger partial charge in [0.15, 0.2) is 0 Å². The third-order valence-corrected chi connectivity index (χ3v) is 5.22. The summed E-state index contributed by atoms with van der Waals surface area (Å²) < 4.78 is 2.11. The summed E-state index contributed by atoms with van der Waals surface area (Å²) in [4.78, 5) is 0. The molecule has 0 aliphatic heterocycles. The first-order valence-electron chi connectivity index (χ1n) is 9.86. The SMILES string of the molecule is N#Cc1c(-c2ccccc2)c(-c2ccccc2)n(CCCc2ccccc2)c1N. The van der Waals surface area contributed by atoms with Crippen LogP contribution in [0, 0.1) is 11.3 Å². The van der Waals surface area contributed by atoms with Gasteiger partial charge in [0.2, 0.25) is 0 Å². The van der Waals surface area contributed by atoms with Gasteiger partial charge in [0.25, 0.3) is 0 Å². The van der Waals surface area contributed by atoms with Gasteiger partial charge < -0.3 is 10.3 Å². The van der Waals surface area contributed by atoms with Crippen LogP contribution in [0.5, 0.6) is 0 Å². The summed E-state index contributed by atoms with van der Waals surface area (Å²) in [5.74, 6) is 0.540. The van der Waals surface area contributed by atoms with E-state index in [9.17, 15) is 5.26 Å². The van der Waals surface area contributed by atoms with Crippen LogP contribution in [0.2, 0.25) is 0 Å². The second-order valence-electron chi connectivity index (χ2n) is 7.07. The summed E-state index contributed by atoms with van der Waals surface area (Å²) in [6.45, 7) is 0.756. The van der Waals surface area contributed by atoms with Gasteiger partial charge in [-0.25, -0.2) is 0 Å². The fourth-order valence-electron chi connectivity index (χ4n) is 3.85. The van der Waals surface area contributed by atoms with E-state index in [1.807, 2.05) is 54.6 Å². The number of aromatic nitrogens is 1. The molecule has 0 fully saturated rings. The molecule has 0 saturated carbocycles. The van der Waals surface area contributed by atoms with Crippen LogP contribution in [-0.2, 0) is 13.0 Å². The maximum Gasteiger partial charge on any atom is 0.122 e. The lowest BCUT2D eigenvalue weighted by Gasteiger charge is -2.13. The van der Waals surface area contributed by atoms with Crippen LogP contribution in [-0.4, -0.2) is 4.57 Å². The summed E-state index contributed by atoms with van der Waals surface area (Å²) in [6, 6.07) is 33.1. The van der Waals surface area contributed by atoms with Crippen molar-refractivity contribution >= 4 is 5.82 Å². The van der Waals surface area contributed by atoms with E-state index in [4.69, 9.17) is 5.73 Å². The smallest absolute Gasteiger partial charge is 0.122 e. The van der Waals surface area contributed by atoms with E-state index in [-0.39, 0.29) is 0 Å². The van der Waals surface area contributed by atoms with Crippen molar-refractivity contribution in [3.05, 3.63) is 102 Å². The minimum atomic E-state index is 0.540. The van der Waals surface area contributed by atoms with Gasteiger partial charge in [0, 0.05) is 12.1 Å². The maximum absolute atomic E-state index is 9.91. The number of benzene rings is 3. The van der Waals surface area contributed by atoms with Crippen LogP contribution < -0.4 is 5.73 Å². The van der Waals surface area contributed by atoms with Crippen LogP contribution in [0.3, 0.4) is 0 Å². The van der Waals surface area contributed by atoms with Crippen molar-refractivity contribution in [2.24, 2.45) is 0 Å². The zero-order valence-corrected chi connectivity index (χ0v) is 16.3. The van der Waals surface area contributed by atoms with Crippen LogP contribution in [0.25, 0.3) is 22.4 Å². The van der Waals surface area contributed by atoms with Crippen molar-refractivity contribution in [1.82, 2.24) is 4.57 Å². The molecular weight excluding hydrogens is 354 g/mol. The van der Waals surface area contributed by atoms with Crippen LogP contribution >= 0.6 is 0 Å². The Morgan fingerprint density at radius 3 is 1.90 bits per heavy atom. The van der Waals surface area contributed by atoms with Gasteiger partial charge in [0.05, 0.1) is 5.69 Å². The van der Waals surface area contributed by atoms with E-state index >= 15 is 0 Å². The number of hydrogen-bond acceptors (Lipinski definition) is 2. The number of hydrogen-bond donors (Lipinski definition) is 1. The molecule has 0 aliphatic rings. The van der Waals surface area contributed by atoms with Crippen molar-refractivity contribution in [3.63, 3.8) is 0 Å². The minimum absolute atomic E-state index is 0.540. The van der Waals surface area contributed by atoms with E-state index in [1.54, 1.807) is 0 Å². The molecule has 2 N–H and O–H groups in total. The lowest BCUT2D eigenvalue weighted by atomic mass is 9.98. The molecule has 0 aliphatic carbocycles. The first kappa shape index (κ1) is 18.6. The number of aryl methyl sites for hydroxylation is 1. The van der Waals surface area contributed by atoms with Gasteiger partial charge in [-0.2, -0.15) is 5.26 Å². The minimum Gasteiger partial charge on any atom is -0.384 e. The molecule has 0 atom stereocenters. The molecule has 3 heteroatoms. The van der Waals surface area contributed by atoms with E-state index in [1.165, 1.54) is 5.56 Å². The predicted octanol–water partition coefficient (Wildman–Crippen LogP) is 5.91. The number of nitrogens with two attached hydrogens (primary N) is 1. The highest BCUT2D eigenvalue weighted by atomic mass is 15.1. The monoisotopic (exact) mass is 377 g/mol. The normalized spacial score (nSPS) is 10.6. The molecule has 3 aromatic carbocycles.